The molecule has 1 heterocycles. The number of hydrogen-bond acceptors (Lipinski definition) is 3. The number of aryl methyl sites for hydroxylation is 2. The first kappa shape index (κ1) is 13.5. The van der Waals surface area contributed by atoms with E-state index in [-0.39, 0.29) is 5.88 Å². The molecule has 0 unspecified atom stereocenters. The molecule has 0 aliphatic heterocycles. The zero-order chi connectivity index (χ0) is 14.0. The highest BCUT2D eigenvalue weighted by molar-refractivity contribution is 9.10. The molecule has 0 fully saturated rings. The summed E-state index contributed by atoms with van der Waals surface area (Å²) < 4.78 is 6.48. The molecule has 4 nitrogen and oxygen atoms in total. The summed E-state index contributed by atoms with van der Waals surface area (Å²) in [5.74, 6) is 0.257. The second-order valence-electron chi connectivity index (χ2n) is 4.21. The lowest BCUT2D eigenvalue weighted by Gasteiger charge is -2.11. The van der Waals surface area contributed by atoms with Crippen molar-refractivity contribution in [3.8, 4) is 11.6 Å². The highest BCUT2D eigenvalue weighted by atomic mass is 79.9. The normalized spacial score (nSPS) is 10.3. The average molecular weight is 321 g/mol. The van der Waals surface area contributed by atoms with Crippen LogP contribution in [0.5, 0.6) is 11.6 Å². The van der Waals surface area contributed by atoms with Gasteiger partial charge in [0.1, 0.15) is 11.3 Å². The molecule has 0 spiro atoms. The van der Waals surface area contributed by atoms with E-state index >= 15 is 0 Å². The van der Waals surface area contributed by atoms with E-state index < -0.39 is 5.91 Å². The van der Waals surface area contributed by atoms with Crippen molar-refractivity contribution in [3.63, 3.8) is 0 Å². The van der Waals surface area contributed by atoms with Crippen molar-refractivity contribution in [1.29, 1.82) is 0 Å². The number of pyridine rings is 1. The van der Waals surface area contributed by atoms with Crippen molar-refractivity contribution >= 4 is 21.8 Å². The van der Waals surface area contributed by atoms with Gasteiger partial charge < -0.3 is 10.5 Å². The minimum Gasteiger partial charge on any atom is -0.437 e. The molecule has 1 amide bonds. The van der Waals surface area contributed by atoms with E-state index in [9.17, 15) is 4.79 Å². The molecule has 2 aromatic rings. The Balaban J connectivity index is 2.44. The number of amides is 1. The summed E-state index contributed by atoms with van der Waals surface area (Å²) in [6.07, 6.45) is 1.58. The summed E-state index contributed by atoms with van der Waals surface area (Å²) in [5.41, 5.74) is 7.50. The summed E-state index contributed by atoms with van der Waals surface area (Å²) in [7, 11) is 0. The molecule has 0 saturated heterocycles. The number of benzene rings is 1. The quantitative estimate of drug-likeness (QED) is 0.943. The monoisotopic (exact) mass is 320 g/mol. The summed E-state index contributed by atoms with van der Waals surface area (Å²) in [4.78, 5) is 15.5. The largest absolute Gasteiger partial charge is 0.437 e. The number of rotatable bonds is 3. The lowest BCUT2D eigenvalue weighted by molar-refractivity contribution is 0.0997. The molecule has 0 aliphatic rings. The first-order valence-corrected chi connectivity index (χ1v) is 6.47. The lowest BCUT2D eigenvalue weighted by atomic mass is 10.1. The number of hydrogen-bond donors (Lipinski definition) is 1. The molecule has 2 N–H and O–H groups in total. The third-order valence-corrected chi connectivity index (χ3v) is 3.28. The van der Waals surface area contributed by atoms with Crippen molar-refractivity contribution in [2.75, 3.05) is 0 Å². The van der Waals surface area contributed by atoms with Crippen molar-refractivity contribution in [2.24, 2.45) is 5.73 Å². The summed E-state index contributed by atoms with van der Waals surface area (Å²) in [6.45, 7) is 3.77. The van der Waals surface area contributed by atoms with Crippen LogP contribution < -0.4 is 10.5 Å². The van der Waals surface area contributed by atoms with E-state index in [4.69, 9.17) is 10.5 Å². The van der Waals surface area contributed by atoms with E-state index in [0.29, 0.717) is 11.3 Å². The molecule has 0 radical (unpaired) electrons. The minimum absolute atomic E-state index is 0.219. The zero-order valence-electron chi connectivity index (χ0n) is 10.6. The van der Waals surface area contributed by atoms with Gasteiger partial charge in [-0.2, -0.15) is 0 Å². The highest BCUT2D eigenvalue weighted by Crippen LogP contribution is 2.31. The number of ether oxygens (including phenoxy) is 1. The smallest absolute Gasteiger partial charge is 0.254 e. The Morgan fingerprint density at radius 3 is 2.68 bits per heavy atom. The number of carbonyl (C=O) groups excluding carboxylic acids is 1. The van der Waals surface area contributed by atoms with Crippen LogP contribution in [0, 0.1) is 13.8 Å². The van der Waals surface area contributed by atoms with Gasteiger partial charge in [-0.05, 0) is 59.1 Å². The van der Waals surface area contributed by atoms with Gasteiger partial charge in [0.2, 0.25) is 5.88 Å². The van der Waals surface area contributed by atoms with Crippen LogP contribution >= 0.6 is 15.9 Å². The molecule has 0 bridgehead atoms. The Kier molecular flexibility index (Phi) is 3.85. The third kappa shape index (κ3) is 2.93. The van der Waals surface area contributed by atoms with Crippen LogP contribution in [0.3, 0.4) is 0 Å². The number of nitrogens with two attached hydrogens (primary N) is 1. The van der Waals surface area contributed by atoms with Crippen molar-refractivity contribution in [1.82, 2.24) is 4.98 Å². The summed E-state index contributed by atoms with van der Waals surface area (Å²) in [6, 6.07) is 7.38. The molecule has 98 valence electrons. The van der Waals surface area contributed by atoms with Crippen LogP contribution in [0.4, 0.5) is 0 Å². The minimum atomic E-state index is -0.552. The summed E-state index contributed by atoms with van der Waals surface area (Å²) in [5, 5.41) is 0. The topological polar surface area (TPSA) is 65.2 Å². The van der Waals surface area contributed by atoms with Crippen molar-refractivity contribution in [3.05, 3.63) is 51.6 Å². The highest BCUT2D eigenvalue weighted by Gasteiger charge is 2.15. The third-order valence-electron chi connectivity index (χ3n) is 2.66. The first-order valence-electron chi connectivity index (χ1n) is 5.68. The molecule has 0 atom stereocenters. The number of halogens is 1. The lowest BCUT2D eigenvalue weighted by Crippen LogP contribution is -2.14. The van der Waals surface area contributed by atoms with E-state index in [0.717, 1.165) is 15.6 Å². The van der Waals surface area contributed by atoms with Crippen LogP contribution in [-0.2, 0) is 0 Å². The molecule has 2 rings (SSSR count). The number of primary amides is 1. The predicted molar refractivity (Wildman–Crippen MR) is 76.4 cm³/mol. The van der Waals surface area contributed by atoms with Gasteiger partial charge in [-0.25, -0.2) is 4.98 Å². The molecule has 0 aliphatic carbocycles. The second-order valence-corrected chi connectivity index (χ2v) is 5.06. The van der Waals surface area contributed by atoms with Crippen LogP contribution in [0.2, 0.25) is 0 Å². The maximum absolute atomic E-state index is 11.5. The van der Waals surface area contributed by atoms with Crippen LogP contribution in [-0.4, -0.2) is 10.9 Å². The fraction of sp³-hybridized carbons (Fsp3) is 0.143. The Hall–Kier alpha value is -1.88. The standard InChI is InChI=1S/C14H13BrN2O2/c1-8-3-4-11(10(15)7-8)19-14-12(13(16)18)9(2)5-6-17-14/h3-7H,1-2H3,(H2,16,18). The molecule has 0 saturated carbocycles. The van der Waals surface area contributed by atoms with Crippen molar-refractivity contribution in [2.45, 2.75) is 13.8 Å². The Morgan fingerprint density at radius 1 is 1.32 bits per heavy atom. The van der Waals surface area contributed by atoms with Crippen LogP contribution in [0.1, 0.15) is 21.5 Å². The number of nitrogens with zero attached hydrogens (tertiary/aromatic N) is 1. The second kappa shape index (κ2) is 5.40. The maximum Gasteiger partial charge on any atom is 0.254 e. The van der Waals surface area contributed by atoms with Gasteiger partial charge >= 0.3 is 0 Å². The molecule has 5 heteroatoms. The summed E-state index contributed by atoms with van der Waals surface area (Å²) >= 11 is 3.42. The van der Waals surface area contributed by atoms with Gasteiger partial charge in [-0.3, -0.25) is 4.79 Å². The molecular weight excluding hydrogens is 308 g/mol. The van der Waals surface area contributed by atoms with Crippen molar-refractivity contribution < 1.29 is 9.53 Å². The number of aromatic nitrogens is 1. The van der Waals surface area contributed by atoms with E-state index in [1.807, 2.05) is 25.1 Å². The molecular formula is C14H13BrN2O2. The van der Waals surface area contributed by atoms with Gasteiger partial charge in [0.05, 0.1) is 4.47 Å². The Labute approximate surface area is 119 Å². The molecule has 1 aromatic carbocycles. The van der Waals surface area contributed by atoms with E-state index in [2.05, 4.69) is 20.9 Å². The van der Waals surface area contributed by atoms with Gasteiger partial charge in [0.25, 0.3) is 5.91 Å². The zero-order valence-corrected chi connectivity index (χ0v) is 12.2. The first-order chi connectivity index (χ1) is 8.99. The Morgan fingerprint density at radius 2 is 2.05 bits per heavy atom. The maximum atomic E-state index is 11.5. The number of carbonyl (C=O) groups is 1. The SMILES string of the molecule is Cc1ccc(Oc2nccc(C)c2C(N)=O)c(Br)c1. The predicted octanol–water partition coefficient (Wildman–Crippen LogP) is 3.35. The average Bonchev–Trinajstić information content (AvgIpc) is 2.32. The fourth-order valence-corrected chi connectivity index (χ4v) is 2.28. The molecule has 19 heavy (non-hydrogen) atoms. The van der Waals surface area contributed by atoms with E-state index in [1.54, 1.807) is 19.2 Å². The van der Waals surface area contributed by atoms with Crippen LogP contribution in [0.25, 0.3) is 0 Å². The Bertz CT molecular complexity index is 641. The van der Waals surface area contributed by atoms with Gasteiger partial charge in [0, 0.05) is 6.20 Å². The fourth-order valence-electron chi connectivity index (χ4n) is 1.70. The van der Waals surface area contributed by atoms with E-state index in [1.165, 1.54) is 0 Å². The van der Waals surface area contributed by atoms with Gasteiger partial charge in [0.15, 0.2) is 0 Å². The molecule has 1 aromatic heterocycles. The van der Waals surface area contributed by atoms with Gasteiger partial charge in [-0.15, -0.1) is 0 Å². The van der Waals surface area contributed by atoms with Crippen LogP contribution in [0.15, 0.2) is 34.9 Å². The van der Waals surface area contributed by atoms with Gasteiger partial charge in [-0.1, -0.05) is 6.07 Å².